The maximum Gasteiger partial charge on any atom is 0.251 e. The van der Waals surface area contributed by atoms with Gasteiger partial charge in [-0.05, 0) is 42.5 Å². The highest BCUT2D eigenvalue weighted by Gasteiger charge is 2.07. The van der Waals surface area contributed by atoms with E-state index < -0.39 is 0 Å². The third-order valence-electron chi connectivity index (χ3n) is 2.70. The molecular formula is C15H14ClNO2S. The molecule has 1 N–H and O–H groups in total. The molecule has 104 valence electrons. The maximum absolute atomic E-state index is 11.5. The highest BCUT2D eigenvalue weighted by atomic mass is 35.5. The van der Waals surface area contributed by atoms with Crippen LogP contribution in [0.1, 0.15) is 10.4 Å². The van der Waals surface area contributed by atoms with E-state index in [1.165, 1.54) is 11.8 Å². The fourth-order valence-electron chi connectivity index (χ4n) is 1.68. The van der Waals surface area contributed by atoms with Crippen molar-refractivity contribution in [2.75, 3.05) is 14.2 Å². The number of amides is 1. The van der Waals surface area contributed by atoms with E-state index in [9.17, 15) is 4.79 Å². The Labute approximate surface area is 127 Å². The molecule has 2 rings (SSSR count). The molecule has 2 aromatic carbocycles. The van der Waals surface area contributed by atoms with Crippen molar-refractivity contribution in [1.29, 1.82) is 0 Å². The first-order chi connectivity index (χ1) is 9.63. The highest BCUT2D eigenvalue weighted by Crippen LogP contribution is 2.36. The zero-order valence-electron chi connectivity index (χ0n) is 11.1. The lowest BCUT2D eigenvalue weighted by Gasteiger charge is -2.09. The van der Waals surface area contributed by atoms with Gasteiger partial charge in [0, 0.05) is 22.5 Å². The zero-order valence-corrected chi connectivity index (χ0v) is 12.7. The van der Waals surface area contributed by atoms with Gasteiger partial charge in [-0.25, -0.2) is 0 Å². The first-order valence-corrected chi connectivity index (χ1v) is 7.17. The van der Waals surface area contributed by atoms with E-state index in [4.69, 9.17) is 16.3 Å². The molecule has 0 aliphatic rings. The van der Waals surface area contributed by atoms with Crippen molar-refractivity contribution in [2.24, 2.45) is 0 Å². The summed E-state index contributed by atoms with van der Waals surface area (Å²) in [6.45, 7) is 0. The van der Waals surface area contributed by atoms with Crippen LogP contribution in [0.25, 0.3) is 0 Å². The van der Waals surface area contributed by atoms with Crippen molar-refractivity contribution in [2.45, 2.75) is 9.79 Å². The predicted molar refractivity (Wildman–Crippen MR) is 82.0 cm³/mol. The van der Waals surface area contributed by atoms with E-state index in [0.717, 1.165) is 15.5 Å². The first-order valence-electron chi connectivity index (χ1n) is 5.97. The van der Waals surface area contributed by atoms with Gasteiger partial charge in [0.25, 0.3) is 5.91 Å². The SMILES string of the molecule is CNC(=O)c1ccc(Sc2cc(Cl)ccc2OC)cc1. The number of halogens is 1. The fraction of sp³-hybridized carbons (Fsp3) is 0.133. The molecule has 0 saturated heterocycles. The quantitative estimate of drug-likeness (QED) is 0.932. The molecule has 3 nitrogen and oxygen atoms in total. The van der Waals surface area contributed by atoms with Gasteiger partial charge in [-0.3, -0.25) is 4.79 Å². The van der Waals surface area contributed by atoms with Crippen molar-refractivity contribution >= 4 is 29.3 Å². The summed E-state index contributed by atoms with van der Waals surface area (Å²) in [6, 6.07) is 12.9. The molecule has 1 amide bonds. The van der Waals surface area contributed by atoms with E-state index in [1.54, 1.807) is 32.4 Å². The molecule has 0 aromatic heterocycles. The fourth-order valence-corrected chi connectivity index (χ4v) is 2.88. The topological polar surface area (TPSA) is 38.3 Å². The highest BCUT2D eigenvalue weighted by molar-refractivity contribution is 7.99. The van der Waals surface area contributed by atoms with Crippen LogP contribution in [0.2, 0.25) is 5.02 Å². The summed E-state index contributed by atoms with van der Waals surface area (Å²) in [7, 11) is 3.24. The lowest BCUT2D eigenvalue weighted by molar-refractivity contribution is 0.0963. The summed E-state index contributed by atoms with van der Waals surface area (Å²) in [4.78, 5) is 13.4. The molecule has 0 saturated carbocycles. The van der Waals surface area contributed by atoms with Gasteiger partial charge in [-0.15, -0.1) is 0 Å². The minimum atomic E-state index is -0.0955. The Morgan fingerprint density at radius 3 is 2.50 bits per heavy atom. The van der Waals surface area contributed by atoms with Gasteiger partial charge < -0.3 is 10.1 Å². The third-order valence-corrected chi connectivity index (χ3v) is 3.98. The molecule has 0 unspecified atom stereocenters. The van der Waals surface area contributed by atoms with Gasteiger partial charge in [-0.1, -0.05) is 23.4 Å². The summed E-state index contributed by atoms with van der Waals surface area (Å²) in [5.41, 5.74) is 0.634. The largest absolute Gasteiger partial charge is 0.496 e. The Kier molecular flexibility index (Phi) is 4.93. The van der Waals surface area contributed by atoms with E-state index in [0.29, 0.717) is 10.6 Å². The smallest absolute Gasteiger partial charge is 0.251 e. The lowest BCUT2D eigenvalue weighted by Crippen LogP contribution is -2.17. The Morgan fingerprint density at radius 2 is 1.90 bits per heavy atom. The molecule has 0 radical (unpaired) electrons. The number of ether oxygens (including phenoxy) is 1. The van der Waals surface area contributed by atoms with Crippen molar-refractivity contribution in [3.63, 3.8) is 0 Å². The van der Waals surface area contributed by atoms with Crippen LogP contribution in [-0.4, -0.2) is 20.1 Å². The second kappa shape index (κ2) is 6.68. The molecule has 0 spiro atoms. The summed E-state index contributed by atoms with van der Waals surface area (Å²) < 4.78 is 5.31. The van der Waals surface area contributed by atoms with Crippen LogP contribution in [0.3, 0.4) is 0 Å². The Hall–Kier alpha value is -1.65. The molecule has 0 heterocycles. The van der Waals surface area contributed by atoms with Gasteiger partial charge in [0.1, 0.15) is 5.75 Å². The Balaban J connectivity index is 2.22. The van der Waals surface area contributed by atoms with Crippen molar-refractivity contribution in [1.82, 2.24) is 5.32 Å². The first kappa shape index (κ1) is 14.8. The summed E-state index contributed by atoms with van der Waals surface area (Å²) >= 11 is 7.54. The number of methoxy groups -OCH3 is 1. The maximum atomic E-state index is 11.5. The minimum Gasteiger partial charge on any atom is -0.496 e. The van der Waals surface area contributed by atoms with E-state index in [-0.39, 0.29) is 5.91 Å². The lowest BCUT2D eigenvalue weighted by atomic mass is 10.2. The van der Waals surface area contributed by atoms with Crippen LogP contribution in [0.15, 0.2) is 52.3 Å². The molecule has 0 bridgehead atoms. The molecule has 0 fully saturated rings. The predicted octanol–water partition coefficient (Wildman–Crippen LogP) is 3.86. The second-order valence-electron chi connectivity index (χ2n) is 4.00. The second-order valence-corrected chi connectivity index (χ2v) is 5.55. The summed E-state index contributed by atoms with van der Waals surface area (Å²) in [5.74, 6) is 0.677. The molecule has 5 heteroatoms. The van der Waals surface area contributed by atoms with Gasteiger partial charge in [0.05, 0.1) is 12.0 Å². The standard InChI is InChI=1S/C15H14ClNO2S/c1-17-15(18)10-3-6-12(7-4-10)20-14-9-11(16)5-8-13(14)19-2/h3-9H,1-2H3,(H,17,18). The molecule has 0 aliphatic carbocycles. The normalized spacial score (nSPS) is 10.2. The van der Waals surface area contributed by atoms with Gasteiger partial charge in [-0.2, -0.15) is 0 Å². The number of benzene rings is 2. The molecule has 0 aliphatic heterocycles. The number of hydrogen-bond acceptors (Lipinski definition) is 3. The number of carbonyl (C=O) groups is 1. The van der Waals surface area contributed by atoms with Crippen LogP contribution < -0.4 is 10.1 Å². The van der Waals surface area contributed by atoms with Crippen molar-refractivity contribution < 1.29 is 9.53 Å². The van der Waals surface area contributed by atoms with Crippen LogP contribution in [-0.2, 0) is 0 Å². The van der Waals surface area contributed by atoms with Gasteiger partial charge in [0.2, 0.25) is 0 Å². The van der Waals surface area contributed by atoms with E-state index >= 15 is 0 Å². The van der Waals surface area contributed by atoms with Gasteiger partial charge >= 0.3 is 0 Å². The number of nitrogens with one attached hydrogen (secondary N) is 1. The van der Waals surface area contributed by atoms with E-state index in [2.05, 4.69) is 5.32 Å². The number of carbonyl (C=O) groups excluding carboxylic acids is 1. The number of hydrogen-bond donors (Lipinski definition) is 1. The minimum absolute atomic E-state index is 0.0955. The number of rotatable bonds is 4. The molecule has 0 atom stereocenters. The Bertz CT molecular complexity index is 614. The van der Waals surface area contributed by atoms with Crippen LogP contribution in [0, 0.1) is 0 Å². The monoisotopic (exact) mass is 307 g/mol. The van der Waals surface area contributed by atoms with Crippen LogP contribution in [0.4, 0.5) is 0 Å². The third kappa shape index (κ3) is 3.46. The zero-order chi connectivity index (χ0) is 14.5. The molecular weight excluding hydrogens is 294 g/mol. The summed E-state index contributed by atoms with van der Waals surface area (Å²) in [5, 5.41) is 3.26. The van der Waals surface area contributed by atoms with Crippen LogP contribution in [0.5, 0.6) is 5.75 Å². The Morgan fingerprint density at radius 1 is 1.20 bits per heavy atom. The van der Waals surface area contributed by atoms with E-state index in [1.807, 2.05) is 24.3 Å². The van der Waals surface area contributed by atoms with Crippen molar-refractivity contribution in [3.05, 3.63) is 53.1 Å². The molecule has 2 aromatic rings. The van der Waals surface area contributed by atoms with Crippen LogP contribution >= 0.6 is 23.4 Å². The van der Waals surface area contributed by atoms with Gasteiger partial charge in [0.15, 0.2) is 0 Å². The van der Waals surface area contributed by atoms with Crippen molar-refractivity contribution in [3.8, 4) is 5.75 Å². The summed E-state index contributed by atoms with van der Waals surface area (Å²) in [6.07, 6.45) is 0. The average Bonchev–Trinajstić information content (AvgIpc) is 2.47. The molecule has 20 heavy (non-hydrogen) atoms. The average molecular weight is 308 g/mol.